The fourth-order valence-electron chi connectivity index (χ4n) is 4.25. The van der Waals surface area contributed by atoms with Crippen molar-refractivity contribution < 1.29 is 19.1 Å². The van der Waals surface area contributed by atoms with Crippen LogP contribution in [0.3, 0.4) is 0 Å². The van der Waals surface area contributed by atoms with Crippen LogP contribution in [-0.4, -0.2) is 44.2 Å². The van der Waals surface area contributed by atoms with Crippen LogP contribution in [0.2, 0.25) is 0 Å². The number of piperidine rings is 1. The first-order valence-electron chi connectivity index (χ1n) is 9.42. The summed E-state index contributed by atoms with van der Waals surface area (Å²) in [7, 11) is 1.68. The lowest BCUT2D eigenvalue weighted by Crippen LogP contribution is -2.56. The highest BCUT2D eigenvalue weighted by Crippen LogP contribution is 2.35. The smallest absolute Gasteiger partial charge is 0.251 e. The summed E-state index contributed by atoms with van der Waals surface area (Å²) in [6.07, 6.45) is 3.24. The van der Waals surface area contributed by atoms with Gasteiger partial charge in [0.1, 0.15) is 5.75 Å². The van der Waals surface area contributed by atoms with Crippen molar-refractivity contribution in [1.82, 2.24) is 10.6 Å². The molecular weight excluding hydrogens is 332 g/mol. The number of carbonyl (C=O) groups is 2. The highest BCUT2D eigenvalue weighted by atomic mass is 16.5. The Balaban J connectivity index is 1.58. The lowest BCUT2D eigenvalue weighted by Gasteiger charge is -2.43. The van der Waals surface area contributed by atoms with Crippen LogP contribution < -0.4 is 15.4 Å². The van der Waals surface area contributed by atoms with Crippen molar-refractivity contribution in [3.63, 3.8) is 0 Å². The van der Waals surface area contributed by atoms with E-state index in [-0.39, 0.29) is 29.8 Å². The lowest BCUT2D eigenvalue weighted by molar-refractivity contribution is -0.128. The number of fused-ring (bicyclic) bond motifs is 1. The third-order valence-electron chi connectivity index (χ3n) is 5.45. The van der Waals surface area contributed by atoms with Crippen LogP contribution in [0.1, 0.15) is 43.0 Å². The van der Waals surface area contributed by atoms with Crippen molar-refractivity contribution in [3.8, 4) is 5.75 Å². The Morgan fingerprint density at radius 1 is 1.27 bits per heavy atom. The van der Waals surface area contributed by atoms with Crippen molar-refractivity contribution in [2.24, 2.45) is 11.8 Å². The van der Waals surface area contributed by atoms with Crippen LogP contribution in [0.5, 0.6) is 5.75 Å². The quantitative estimate of drug-likeness (QED) is 0.815. The van der Waals surface area contributed by atoms with E-state index in [4.69, 9.17) is 9.47 Å². The molecule has 0 spiro atoms. The molecule has 6 heteroatoms. The molecular formula is C20H28N2O4. The van der Waals surface area contributed by atoms with Gasteiger partial charge in [-0.25, -0.2) is 0 Å². The predicted molar refractivity (Wildman–Crippen MR) is 98.1 cm³/mol. The van der Waals surface area contributed by atoms with Gasteiger partial charge in [0.05, 0.1) is 6.61 Å². The highest BCUT2D eigenvalue weighted by Gasteiger charge is 2.40. The van der Waals surface area contributed by atoms with Crippen molar-refractivity contribution in [2.75, 3.05) is 20.3 Å². The zero-order valence-electron chi connectivity index (χ0n) is 15.5. The van der Waals surface area contributed by atoms with Gasteiger partial charge in [0.25, 0.3) is 5.91 Å². The number of ether oxygens (including phenoxy) is 2. The Bertz CT molecular complexity index is 631. The molecule has 3 rings (SSSR count). The summed E-state index contributed by atoms with van der Waals surface area (Å²) in [5.41, 5.74) is 0.625. The van der Waals surface area contributed by atoms with E-state index in [0.29, 0.717) is 31.1 Å². The largest absolute Gasteiger partial charge is 0.494 e. The van der Waals surface area contributed by atoms with Gasteiger partial charge in [-0.3, -0.25) is 9.59 Å². The zero-order valence-corrected chi connectivity index (χ0v) is 15.5. The molecule has 1 heterocycles. The molecule has 2 fully saturated rings. The highest BCUT2D eigenvalue weighted by molar-refractivity contribution is 5.94. The molecule has 4 atom stereocenters. The van der Waals surface area contributed by atoms with Crippen molar-refractivity contribution in [1.29, 1.82) is 0 Å². The minimum Gasteiger partial charge on any atom is -0.494 e. The van der Waals surface area contributed by atoms with E-state index in [1.807, 2.05) is 19.1 Å². The van der Waals surface area contributed by atoms with Crippen LogP contribution in [-0.2, 0) is 9.53 Å². The predicted octanol–water partition coefficient (Wildman–Crippen LogP) is 2.13. The zero-order chi connectivity index (χ0) is 18.5. The Morgan fingerprint density at radius 2 is 2.04 bits per heavy atom. The average Bonchev–Trinajstić information content (AvgIpc) is 2.62. The van der Waals surface area contributed by atoms with Crippen LogP contribution in [0, 0.1) is 11.8 Å². The Morgan fingerprint density at radius 3 is 2.73 bits per heavy atom. The summed E-state index contributed by atoms with van der Waals surface area (Å²) in [6, 6.07) is 7.39. The van der Waals surface area contributed by atoms with Crippen LogP contribution in [0.25, 0.3) is 0 Å². The molecule has 1 saturated carbocycles. The summed E-state index contributed by atoms with van der Waals surface area (Å²) in [6.45, 7) is 3.15. The third kappa shape index (κ3) is 4.36. The number of methoxy groups -OCH3 is 1. The minimum atomic E-state index is -0.0768. The second-order valence-electron chi connectivity index (χ2n) is 7.20. The minimum absolute atomic E-state index is 0.0768. The standard InChI is InChI=1S/C20H28N2O4/c1-3-26-16-7-4-13(5-8-16)20(24)21-15-6-9-17-14(12-25-2)10-19(23)22-18(17)11-15/h4-5,7-8,14-15,17-18H,3,6,9-12H2,1-2H3,(H,21,24)(H,22,23). The van der Waals surface area contributed by atoms with Crippen LogP contribution >= 0.6 is 0 Å². The van der Waals surface area contributed by atoms with Gasteiger partial charge in [-0.2, -0.15) is 0 Å². The average molecular weight is 360 g/mol. The maximum Gasteiger partial charge on any atom is 0.251 e. The fourth-order valence-corrected chi connectivity index (χ4v) is 4.25. The molecule has 0 aromatic heterocycles. The number of benzene rings is 1. The van der Waals surface area contributed by atoms with Crippen molar-refractivity contribution in [3.05, 3.63) is 29.8 Å². The Kier molecular flexibility index (Phi) is 6.14. The Labute approximate surface area is 154 Å². The first-order valence-corrected chi connectivity index (χ1v) is 9.42. The van der Waals surface area contributed by atoms with Gasteiger partial charge >= 0.3 is 0 Å². The number of hydrogen-bond acceptors (Lipinski definition) is 4. The molecule has 0 bridgehead atoms. The van der Waals surface area contributed by atoms with E-state index in [0.717, 1.165) is 25.0 Å². The molecule has 1 aliphatic carbocycles. The number of carbonyl (C=O) groups excluding carboxylic acids is 2. The fraction of sp³-hybridized carbons (Fsp3) is 0.600. The maximum absolute atomic E-state index is 12.5. The second kappa shape index (κ2) is 8.54. The summed E-state index contributed by atoms with van der Waals surface area (Å²) in [4.78, 5) is 24.5. The van der Waals surface area contributed by atoms with E-state index >= 15 is 0 Å². The first-order chi connectivity index (χ1) is 12.6. The molecule has 1 aliphatic heterocycles. The van der Waals surface area contributed by atoms with Crippen LogP contribution in [0.4, 0.5) is 0 Å². The number of nitrogens with one attached hydrogen (secondary N) is 2. The molecule has 0 radical (unpaired) electrons. The molecule has 2 N–H and O–H groups in total. The number of hydrogen-bond donors (Lipinski definition) is 2. The van der Waals surface area contributed by atoms with Crippen LogP contribution in [0.15, 0.2) is 24.3 Å². The van der Waals surface area contributed by atoms with E-state index in [1.165, 1.54) is 0 Å². The van der Waals surface area contributed by atoms with E-state index in [1.54, 1.807) is 19.2 Å². The number of amides is 2. The topological polar surface area (TPSA) is 76.7 Å². The summed E-state index contributed by atoms with van der Waals surface area (Å²) < 4.78 is 10.7. The monoisotopic (exact) mass is 360 g/mol. The normalized spacial score (nSPS) is 28.0. The van der Waals surface area contributed by atoms with Gasteiger partial charge in [-0.05, 0) is 62.3 Å². The van der Waals surface area contributed by atoms with Crippen molar-refractivity contribution in [2.45, 2.75) is 44.7 Å². The summed E-state index contributed by atoms with van der Waals surface area (Å²) >= 11 is 0. The first kappa shape index (κ1) is 18.7. The number of rotatable bonds is 6. The molecule has 1 aromatic carbocycles. The van der Waals surface area contributed by atoms with E-state index in [2.05, 4.69) is 10.6 Å². The van der Waals surface area contributed by atoms with E-state index < -0.39 is 0 Å². The summed E-state index contributed by atoms with van der Waals surface area (Å²) in [5, 5.41) is 6.23. The lowest BCUT2D eigenvalue weighted by atomic mass is 9.71. The maximum atomic E-state index is 12.5. The molecule has 26 heavy (non-hydrogen) atoms. The second-order valence-corrected chi connectivity index (χ2v) is 7.20. The van der Waals surface area contributed by atoms with Gasteiger partial charge in [0.2, 0.25) is 5.91 Å². The molecule has 6 nitrogen and oxygen atoms in total. The SMILES string of the molecule is CCOc1ccc(C(=O)NC2CCC3C(COC)CC(=O)NC3C2)cc1. The van der Waals surface area contributed by atoms with E-state index in [9.17, 15) is 9.59 Å². The van der Waals surface area contributed by atoms with Gasteiger partial charge < -0.3 is 20.1 Å². The van der Waals surface area contributed by atoms with Gasteiger partial charge in [0, 0.05) is 37.8 Å². The summed E-state index contributed by atoms with van der Waals surface area (Å²) in [5.74, 6) is 1.49. The molecule has 1 aromatic rings. The van der Waals surface area contributed by atoms with Gasteiger partial charge in [-0.15, -0.1) is 0 Å². The van der Waals surface area contributed by atoms with Crippen molar-refractivity contribution >= 4 is 11.8 Å². The molecule has 1 saturated heterocycles. The molecule has 2 aliphatic rings. The molecule has 4 unspecified atom stereocenters. The molecule has 142 valence electrons. The molecule has 2 amide bonds. The van der Waals surface area contributed by atoms with Gasteiger partial charge in [-0.1, -0.05) is 0 Å². The third-order valence-corrected chi connectivity index (χ3v) is 5.45. The Hall–Kier alpha value is -2.08. The van der Waals surface area contributed by atoms with Gasteiger partial charge in [0.15, 0.2) is 0 Å².